The third-order valence-electron chi connectivity index (χ3n) is 1.96. The van der Waals surface area contributed by atoms with E-state index in [-0.39, 0.29) is 13.2 Å². The van der Waals surface area contributed by atoms with E-state index < -0.39 is 0 Å². The molecule has 15 heavy (non-hydrogen) atoms. The van der Waals surface area contributed by atoms with Crippen LogP contribution in [0.3, 0.4) is 0 Å². The lowest BCUT2D eigenvalue weighted by Gasteiger charge is -2.09. The summed E-state index contributed by atoms with van der Waals surface area (Å²) in [6, 6.07) is 7.63. The van der Waals surface area contributed by atoms with Crippen molar-refractivity contribution in [2.24, 2.45) is 0 Å². The van der Waals surface area contributed by atoms with E-state index in [9.17, 15) is 0 Å². The van der Waals surface area contributed by atoms with E-state index in [1.54, 1.807) is 6.20 Å². The zero-order valence-electron chi connectivity index (χ0n) is 8.21. The molecule has 0 radical (unpaired) electrons. The number of pyridine rings is 1. The number of hydrogen-bond acceptors (Lipinski definition) is 3. The molecule has 0 aliphatic heterocycles. The van der Waals surface area contributed by atoms with Gasteiger partial charge in [0.2, 0.25) is 5.88 Å². The van der Waals surface area contributed by atoms with Crippen LogP contribution in [0.15, 0.2) is 42.9 Å². The van der Waals surface area contributed by atoms with Gasteiger partial charge in [0.05, 0.1) is 6.61 Å². The maximum absolute atomic E-state index is 8.69. The molecule has 0 saturated heterocycles. The maximum atomic E-state index is 8.69. The molecule has 2 aromatic heterocycles. The fourth-order valence-corrected chi connectivity index (χ4v) is 1.33. The summed E-state index contributed by atoms with van der Waals surface area (Å²) in [4.78, 5) is 4.12. The lowest BCUT2D eigenvalue weighted by Crippen LogP contribution is -2.06. The van der Waals surface area contributed by atoms with Crippen LogP contribution < -0.4 is 4.74 Å². The molecule has 2 rings (SSSR count). The van der Waals surface area contributed by atoms with Crippen molar-refractivity contribution in [3.63, 3.8) is 0 Å². The van der Waals surface area contributed by atoms with E-state index in [4.69, 9.17) is 9.84 Å². The molecule has 0 aliphatic carbocycles. The Hall–Kier alpha value is -1.81. The summed E-state index contributed by atoms with van der Waals surface area (Å²) in [5.74, 6) is 0.530. The van der Waals surface area contributed by atoms with Gasteiger partial charge < -0.3 is 14.4 Å². The quantitative estimate of drug-likeness (QED) is 0.815. The van der Waals surface area contributed by atoms with Crippen molar-refractivity contribution in [1.29, 1.82) is 0 Å². The van der Waals surface area contributed by atoms with E-state index in [2.05, 4.69) is 4.98 Å². The predicted octanol–water partition coefficient (Wildman–Crippen LogP) is 1.24. The van der Waals surface area contributed by atoms with Crippen LogP contribution in [0.4, 0.5) is 0 Å². The molecule has 2 heterocycles. The van der Waals surface area contributed by atoms with Crippen molar-refractivity contribution < 1.29 is 9.84 Å². The second kappa shape index (κ2) is 4.61. The lowest BCUT2D eigenvalue weighted by molar-refractivity contribution is 0.196. The Balaban J connectivity index is 2.30. The molecule has 0 saturated carbocycles. The van der Waals surface area contributed by atoms with Crippen molar-refractivity contribution in [3.8, 4) is 11.6 Å². The fraction of sp³-hybridized carbons (Fsp3) is 0.182. The summed E-state index contributed by atoms with van der Waals surface area (Å²) in [5.41, 5.74) is 0.871. The average Bonchev–Trinajstić information content (AvgIpc) is 2.80. The summed E-state index contributed by atoms with van der Waals surface area (Å²) in [6.45, 7) is 0.243. The van der Waals surface area contributed by atoms with Gasteiger partial charge in [0, 0.05) is 18.6 Å². The number of ether oxygens (including phenoxy) is 1. The van der Waals surface area contributed by atoms with Gasteiger partial charge in [-0.3, -0.25) is 0 Å². The van der Waals surface area contributed by atoms with Gasteiger partial charge in [-0.05, 0) is 24.3 Å². The first-order chi connectivity index (χ1) is 7.42. The smallest absolute Gasteiger partial charge is 0.238 e. The topological polar surface area (TPSA) is 47.3 Å². The fourth-order valence-electron chi connectivity index (χ4n) is 1.33. The van der Waals surface area contributed by atoms with Crippen molar-refractivity contribution in [2.75, 3.05) is 13.2 Å². The second-order valence-electron chi connectivity index (χ2n) is 2.99. The Bertz CT molecular complexity index is 412. The summed E-state index contributed by atoms with van der Waals surface area (Å²) in [7, 11) is 0. The van der Waals surface area contributed by atoms with Crippen LogP contribution in [0.5, 0.6) is 5.88 Å². The zero-order valence-corrected chi connectivity index (χ0v) is 8.21. The van der Waals surface area contributed by atoms with Gasteiger partial charge in [0.25, 0.3) is 0 Å². The third-order valence-corrected chi connectivity index (χ3v) is 1.96. The first kappa shape index (κ1) is 9.73. The Labute approximate surface area is 87.8 Å². The molecular formula is C11H12N2O2. The lowest BCUT2D eigenvalue weighted by atomic mass is 10.4. The van der Waals surface area contributed by atoms with Gasteiger partial charge in [-0.15, -0.1) is 0 Å². The molecule has 4 nitrogen and oxygen atoms in total. The average molecular weight is 204 g/mol. The highest BCUT2D eigenvalue weighted by molar-refractivity contribution is 5.41. The highest BCUT2D eigenvalue weighted by Crippen LogP contribution is 2.19. The number of aliphatic hydroxyl groups is 1. The molecule has 2 aromatic rings. The van der Waals surface area contributed by atoms with E-state index in [1.807, 2.05) is 41.2 Å². The molecule has 78 valence electrons. The van der Waals surface area contributed by atoms with Crippen LogP contribution in [-0.4, -0.2) is 27.9 Å². The summed E-state index contributed by atoms with van der Waals surface area (Å²) >= 11 is 0. The van der Waals surface area contributed by atoms with Crippen LogP contribution in [0.25, 0.3) is 5.69 Å². The number of nitrogens with zero attached hydrogens (tertiary/aromatic N) is 2. The van der Waals surface area contributed by atoms with E-state index in [0.717, 1.165) is 5.69 Å². The Morgan fingerprint density at radius 3 is 2.80 bits per heavy atom. The second-order valence-corrected chi connectivity index (χ2v) is 2.99. The van der Waals surface area contributed by atoms with Crippen LogP contribution in [0.1, 0.15) is 0 Å². The highest BCUT2D eigenvalue weighted by Gasteiger charge is 2.04. The first-order valence-corrected chi connectivity index (χ1v) is 4.74. The van der Waals surface area contributed by atoms with Gasteiger partial charge in [0.15, 0.2) is 0 Å². The SMILES string of the molecule is OCCOc1ncccc1-n1cccc1. The molecule has 1 N–H and O–H groups in total. The number of aromatic nitrogens is 2. The van der Waals surface area contributed by atoms with Crippen molar-refractivity contribution >= 4 is 0 Å². The molecule has 0 spiro atoms. The molecule has 0 aromatic carbocycles. The molecule has 0 fully saturated rings. The predicted molar refractivity (Wildman–Crippen MR) is 56.1 cm³/mol. The van der Waals surface area contributed by atoms with Crippen molar-refractivity contribution in [1.82, 2.24) is 9.55 Å². The Kier molecular flexibility index (Phi) is 2.99. The number of rotatable bonds is 4. The molecular weight excluding hydrogens is 192 g/mol. The first-order valence-electron chi connectivity index (χ1n) is 4.74. The van der Waals surface area contributed by atoms with Gasteiger partial charge in [-0.1, -0.05) is 0 Å². The normalized spacial score (nSPS) is 10.2. The third kappa shape index (κ3) is 2.16. The Morgan fingerprint density at radius 2 is 2.07 bits per heavy atom. The minimum absolute atomic E-state index is 0.0122. The van der Waals surface area contributed by atoms with Crippen LogP contribution in [0, 0.1) is 0 Å². The molecule has 0 bridgehead atoms. The summed E-state index contributed by atoms with van der Waals surface area (Å²) < 4.78 is 7.24. The van der Waals surface area contributed by atoms with E-state index in [0.29, 0.717) is 5.88 Å². The van der Waals surface area contributed by atoms with E-state index >= 15 is 0 Å². The Morgan fingerprint density at radius 1 is 1.27 bits per heavy atom. The molecule has 0 atom stereocenters. The summed E-state index contributed by atoms with van der Waals surface area (Å²) in [5, 5.41) is 8.69. The largest absolute Gasteiger partial charge is 0.474 e. The van der Waals surface area contributed by atoms with E-state index in [1.165, 1.54) is 0 Å². The maximum Gasteiger partial charge on any atom is 0.238 e. The van der Waals surface area contributed by atoms with Crippen LogP contribution in [-0.2, 0) is 0 Å². The summed E-state index contributed by atoms with van der Waals surface area (Å²) in [6.07, 6.45) is 5.51. The molecule has 4 heteroatoms. The van der Waals surface area contributed by atoms with Crippen molar-refractivity contribution in [2.45, 2.75) is 0 Å². The molecule has 0 unspecified atom stereocenters. The van der Waals surface area contributed by atoms with Crippen LogP contribution >= 0.6 is 0 Å². The minimum atomic E-state index is -0.0122. The zero-order chi connectivity index (χ0) is 10.5. The molecule has 0 aliphatic rings. The minimum Gasteiger partial charge on any atom is -0.474 e. The standard InChI is InChI=1S/C11H12N2O2/c14-8-9-15-11-10(4-3-5-12-11)13-6-1-2-7-13/h1-7,14H,8-9H2. The highest BCUT2D eigenvalue weighted by atomic mass is 16.5. The van der Waals surface area contributed by atoms with Gasteiger partial charge in [-0.25, -0.2) is 4.98 Å². The van der Waals surface area contributed by atoms with Gasteiger partial charge >= 0.3 is 0 Å². The van der Waals surface area contributed by atoms with Gasteiger partial charge in [-0.2, -0.15) is 0 Å². The number of aliphatic hydroxyl groups excluding tert-OH is 1. The number of hydrogen-bond donors (Lipinski definition) is 1. The van der Waals surface area contributed by atoms with Crippen molar-refractivity contribution in [3.05, 3.63) is 42.9 Å². The molecule has 0 amide bonds. The monoisotopic (exact) mass is 204 g/mol. The van der Waals surface area contributed by atoms with Crippen LogP contribution in [0.2, 0.25) is 0 Å². The van der Waals surface area contributed by atoms with Gasteiger partial charge in [0.1, 0.15) is 12.3 Å².